The fourth-order valence-electron chi connectivity index (χ4n) is 2.29. The Labute approximate surface area is 113 Å². The minimum Gasteiger partial charge on any atom is -0.480 e. The van der Waals surface area contributed by atoms with E-state index in [1.807, 2.05) is 0 Å². The van der Waals surface area contributed by atoms with E-state index in [9.17, 15) is 9.59 Å². The maximum absolute atomic E-state index is 11.8. The van der Waals surface area contributed by atoms with Crippen molar-refractivity contribution in [1.29, 1.82) is 0 Å². The Kier molecular flexibility index (Phi) is 7.43. The topological polar surface area (TPSA) is 87.7 Å². The first-order valence-electron chi connectivity index (χ1n) is 6.85. The lowest BCUT2D eigenvalue weighted by molar-refractivity contribution is -0.142. The highest BCUT2D eigenvalue weighted by Gasteiger charge is 2.22. The van der Waals surface area contributed by atoms with Crippen LogP contribution in [0.25, 0.3) is 0 Å². The molecule has 1 saturated heterocycles. The van der Waals surface area contributed by atoms with Gasteiger partial charge < -0.3 is 20.5 Å². The molecule has 0 aliphatic carbocycles. The number of carbonyl (C=O) groups excluding carboxylic acids is 1. The molecule has 1 aliphatic heterocycles. The molecule has 1 aliphatic rings. The van der Waals surface area contributed by atoms with E-state index >= 15 is 0 Å². The zero-order chi connectivity index (χ0) is 14.1. The van der Waals surface area contributed by atoms with Crippen LogP contribution in [0.4, 0.5) is 0 Å². The lowest BCUT2D eigenvalue weighted by Crippen LogP contribution is -2.42. The number of aliphatic carboxylic acids is 1. The molecule has 3 N–H and O–H groups in total. The van der Waals surface area contributed by atoms with Gasteiger partial charge in [-0.3, -0.25) is 4.79 Å². The van der Waals surface area contributed by atoms with Gasteiger partial charge in [-0.05, 0) is 44.7 Å². The first-order valence-corrected chi connectivity index (χ1v) is 6.85. The molecule has 0 radical (unpaired) electrons. The number of amides is 1. The zero-order valence-corrected chi connectivity index (χ0v) is 11.5. The summed E-state index contributed by atoms with van der Waals surface area (Å²) in [5.74, 6) is -0.763. The van der Waals surface area contributed by atoms with Crippen LogP contribution in [-0.4, -0.2) is 49.8 Å². The lowest BCUT2D eigenvalue weighted by atomic mass is 9.94. The third-order valence-electron chi connectivity index (χ3n) is 3.41. The molecule has 1 heterocycles. The van der Waals surface area contributed by atoms with Crippen LogP contribution < -0.4 is 10.6 Å². The molecule has 1 fully saturated rings. The van der Waals surface area contributed by atoms with Gasteiger partial charge in [-0.2, -0.15) is 0 Å². The second kappa shape index (κ2) is 8.87. The predicted octanol–water partition coefficient (Wildman–Crippen LogP) is 0.372. The number of piperidine rings is 1. The van der Waals surface area contributed by atoms with Gasteiger partial charge in [0.25, 0.3) is 0 Å². The number of hydrogen-bond acceptors (Lipinski definition) is 4. The van der Waals surface area contributed by atoms with Gasteiger partial charge in [-0.1, -0.05) is 0 Å². The molecule has 0 saturated carbocycles. The van der Waals surface area contributed by atoms with Gasteiger partial charge in [0.2, 0.25) is 5.91 Å². The number of nitrogens with one attached hydrogen (secondary N) is 2. The summed E-state index contributed by atoms with van der Waals surface area (Å²) in [6.07, 6.45) is 3.42. The average Bonchev–Trinajstić information content (AvgIpc) is 2.38. The minimum atomic E-state index is -0.977. The van der Waals surface area contributed by atoms with Crippen molar-refractivity contribution in [2.75, 3.05) is 26.8 Å². The van der Waals surface area contributed by atoms with Crippen LogP contribution in [0.15, 0.2) is 0 Å². The number of hydrogen-bond donors (Lipinski definition) is 3. The molecule has 6 heteroatoms. The van der Waals surface area contributed by atoms with Crippen molar-refractivity contribution in [2.45, 2.75) is 38.1 Å². The molecule has 0 bridgehead atoms. The molecule has 0 spiro atoms. The van der Waals surface area contributed by atoms with E-state index in [1.165, 1.54) is 0 Å². The van der Waals surface area contributed by atoms with Crippen LogP contribution in [0, 0.1) is 5.92 Å². The van der Waals surface area contributed by atoms with E-state index in [-0.39, 0.29) is 5.91 Å². The van der Waals surface area contributed by atoms with Gasteiger partial charge in [0.15, 0.2) is 0 Å². The Morgan fingerprint density at radius 2 is 2.11 bits per heavy atom. The van der Waals surface area contributed by atoms with Crippen molar-refractivity contribution < 1.29 is 19.4 Å². The van der Waals surface area contributed by atoms with Gasteiger partial charge in [0.05, 0.1) is 0 Å². The van der Waals surface area contributed by atoms with Gasteiger partial charge >= 0.3 is 5.97 Å². The molecule has 0 aromatic carbocycles. The average molecular weight is 272 g/mol. The SMILES string of the molecule is COCCCC(NC(=O)CC1CCNCC1)C(=O)O. The van der Waals surface area contributed by atoms with Gasteiger partial charge in [-0.25, -0.2) is 4.79 Å². The Morgan fingerprint density at radius 1 is 1.42 bits per heavy atom. The van der Waals surface area contributed by atoms with Crippen molar-refractivity contribution in [3.63, 3.8) is 0 Å². The summed E-state index contributed by atoms with van der Waals surface area (Å²) in [7, 11) is 1.57. The standard InChI is InChI=1S/C13H24N2O4/c1-19-8-2-3-11(13(17)18)15-12(16)9-10-4-6-14-7-5-10/h10-11,14H,2-9H2,1H3,(H,15,16)(H,17,18). The zero-order valence-electron chi connectivity index (χ0n) is 11.5. The number of ether oxygens (including phenoxy) is 1. The molecule has 0 aromatic heterocycles. The molecule has 0 aromatic rings. The van der Waals surface area contributed by atoms with E-state index in [2.05, 4.69) is 10.6 Å². The summed E-state index contributed by atoms with van der Waals surface area (Å²) in [6.45, 7) is 2.39. The van der Waals surface area contributed by atoms with Gasteiger partial charge in [0.1, 0.15) is 6.04 Å². The first kappa shape index (κ1) is 15.9. The largest absolute Gasteiger partial charge is 0.480 e. The third kappa shape index (κ3) is 6.54. The van der Waals surface area contributed by atoms with E-state index < -0.39 is 12.0 Å². The monoisotopic (exact) mass is 272 g/mol. The maximum Gasteiger partial charge on any atom is 0.326 e. The van der Waals surface area contributed by atoms with Crippen LogP contribution in [0.2, 0.25) is 0 Å². The van der Waals surface area contributed by atoms with Crippen molar-refractivity contribution in [1.82, 2.24) is 10.6 Å². The molecule has 1 amide bonds. The highest BCUT2D eigenvalue weighted by molar-refractivity contribution is 5.83. The summed E-state index contributed by atoms with van der Waals surface area (Å²) in [5.41, 5.74) is 0. The second-order valence-corrected chi connectivity index (χ2v) is 4.99. The van der Waals surface area contributed by atoms with E-state index in [1.54, 1.807) is 7.11 Å². The van der Waals surface area contributed by atoms with Crippen LogP contribution in [0.3, 0.4) is 0 Å². The minimum absolute atomic E-state index is 0.156. The van der Waals surface area contributed by atoms with Crippen LogP contribution in [0.1, 0.15) is 32.1 Å². The molecule has 1 atom stereocenters. The first-order chi connectivity index (χ1) is 9.13. The van der Waals surface area contributed by atoms with E-state index in [4.69, 9.17) is 9.84 Å². The Balaban J connectivity index is 2.31. The Bertz CT molecular complexity index is 290. The molecular weight excluding hydrogens is 248 g/mol. The Hall–Kier alpha value is -1.14. The smallest absolute Gasteiger partial charge is 0.326 e. The fourth-order valence-corrected chi connectivity index (χ4v) is 2.29. The van der Waals surface area contributed by atoms with E-state index in [0.29, 0.717) is 31.8 Å². The van der Waals surface area contributed by atoms with Crippen LogP contribution in [0.5, 0.6) is 0 Å². The number of rotatable bonds is 8. The summed E-state index contributed by atoms with van der Waals surface area (Å²) >= 11 is 0. The highest BCUT2D eigenvalue weighted by Crippen LogP contribution is 2.15. The molecular formula is C13H24N2O4. The molecule has 19 heavy (non-hydrogen) atoms. The number of carboxylic acids is 1. The summed E-state index contributed by atoms with van der Waals surface area (Å²) in [5, 5.41) is 14.9. The predicted molar refractivity (Wildman–Crippen MR) is 70.9 cm³/mol. The van der Waals surface area contributed by atoms with Crippen molar-refractivity contribution in [3.8, 4) is 0 Å². The third-order valence-corrected chi connectivity index (χ3v) is 3.41. The summed E-state index contributed by atoms with van der Waals surface area (Å²) in [6, 6.07) is -0.802. The second-order valence-electron chi connectivity index (χ2n) is 4.99. The molecule has 6 nitrogen and oxygen atoms in total. The van der Waals surface area contributed by atoms with Gasteiger partial charge in [-0.15, -0.1) is 0 Å². The van der Waals surface area contributed by atoms with E-state index in [0.717, 1.165) is 25.9 Å². The lowest BCUT2D eigenvalue weighted by Gasteiger charge is -2.23. The number of carbonyl (C=O) groups is 2. The van der Waals surface area contributed by atoms with Gasteiger partial charge in [0, 0.05) is 20.1 Å². The quantitative estimate of drug-likeness (QED) is 0.556. The molecule has 1 rings (SSSR count). The van der Waals surface area contributed by atoms with Crippen molar-refractivity contribution >= 4 is 11.9 Å². The Morgan fingerprint density at radius 3 is 2.68 bits per heavy atom. The normalized spacial score (nSPS) is 17.9. The maximum atomic E-state index is 11.8. The fraction of sp³-hybridized carbons (Fsp3) is 0.846. The van der Waals surface area contributed by atoms with Crippen LogP contribution in [-0.2, 0) is 14.3 Å². The van der Waals surface area contributed by atoms with Crippen LogP contribution >= 0.6 is 0 Å². The summed E-state index contributed by atoms with van der Waals surface area (Å²) in [4.78, 5) is 22.9. The molecule has 1 unspecified atom stereocenters. The number of methoxy groups -OCH3 is 1. The molecule has 110 valence electrons. The number of carboxylic acid groups (broad SMARTS) is 1. The highest BCUT2D eigenvalue weighted by atomic mass is 16.5. The van der Waals surface area contributed by atoms with Crippen molar-refractivity contribution in [2.24, 2.45) is 5.92 Å². The summed E-state index contributed by atoms with van der Waals surface area (Å²) < 4.78 is 4.89. The van der Waals surface area contributed by atoms with Crippen molar-refractivity contribution in [3.05, 3.63) is 0 Å².